The maximum Gasteiger partial charge on any atom is 0.0431 e. The van der Waals surface area contributed by atoms with Gasteiger partial charge in [0, 0.05) is 13.2 Å². The largest absolute Gasteiger partial charge is 0.396 e. The number of aliphatic hydroxyl groups excluding tert-OH is 2. The minimum absolute atomic E-state index is 0.272. The Hall–Kier alpha value is 0.350. The van der Waals surface area contributed by atoms with Gasteiger partial charge in [0.25, 0.3) is 0 Å². The third-order valence-corrected chi connectivity index (χ3v) is 6.28. The van der Waals surface area contributed by atoms with Crippen LogP contribution in [0.3, 0.4) is 0 Å². The molecular formula is C15H33O2P. The molecule has 3 heteroatoms. The Morgan fingerprint density at radius 2 is 1.06 bits per heavy atom. The quantitative estimate of drug-likeness (QED) is 0.372. The second-order valence-corrected chi connectivity index (χ2v) is 7.80. The lowest BCUT2D eigenvalue weighted by Crippen LogP contribution is -1.96. The smallest absolute Gasteiger partial charge is 0.0431 e. The van der Waals surface area contributed by atoms with E-state index in [2.05, 4.69) is 6.92 Å². The van der Waals surface area contributed by atoms with Crippen LogP contribution < -0.4 is 0 Å². The first kappa shape index (κ1) is 18.4. The van der Waals surface area contributed by atoms with Crippen molar-refractivity contribution in [2.45, 2.75) is 64.7 Å². The Bertz CT molecular complexity index is 139. The molecule has 0 bridgehead atoms. The Morgan fingerprint density at radius 1 is 0.611 bits per heavy atom. The van der Waals surface area contributed by atoms with Gasteiger partial charge in [-0.25, -0.2) is 0 Å². The molecule has 0 spiro atoms. The van der Waals surface area contributed by atoms with E-state index in [9.17, 15) is 0 Å². The molecule has 2 N–H and O–H groups in total. The van der Waals surface area contributed by atoms with Crippen LogP contribution in [0.4, 0.5) is 0 Å². The van der Waals surface area contributed by atoms with Crippen molar-refractivity contribution in [2.24, 2.45) is 0 Å². The van der Waals surface area contributed by atoms with E-state index in [4.69, 9.17) is 10.2 Å². The molecule has 0 aromatic rings. The first-order valence-corrected chi connectivity index (χ1v) is 9.69. The molecule has 0 fully saturated rings. The van der Waals surface area contributed by atoms with Crippen LogP contribution >= 0.6 is 7.92 Å². The van der Waals surface area contributed by atoms with Crippen molar-refractivity contribution in [1.29, 1.82) is 0 Å². The van der Waals surface area contributed by atoms with E-state index in [1.54, 1.807) is 0 Å². The summed E-state index contributed by atoms with van der Waals surface area (Å²) in [4.78, 5) is 0. The molecule has 0 radical (unpaired) electrons. The molecule has 110 valence electrons. The fraction of sp³-hybridized carbons (Fsp3) is 1.00. The van der Waals surface area contributed by atoms with Gasteiger partial charge in [-0.3, -0.25) is 0 Å². The van der Waals surface area contributed by atoms with Crippen molar-refractivity contribution in [3.8, 4) is 0 Å². The zero-order valence-electron chi connectivity index (χ0n) is 12.2. The van der Waals surface area contributed by atoms with Gasteiger partial charge in [-0.15, -0.1) is 7.92 Å². The molecule has 18 heavy (non-hydrogen) atoms. The van der Waals surface area contributed by atoms with Gasteiger partial charge >= 0.3 is 0 Å². The average molecular weight is 276 g/mol. The highest BCUT2D eigenvalue weighted by Gasteiger charge is 2.06. The van der Waals surface area contributed by atoms with Gasteiger partial charge in [0.05, 0.1) is 0 Å². The summed E-state index contributed by atoms with van der Waals surface area (Å²) in [6.07, 6.45) is 15.3. The summed E-state index contributed by atoms with van der Waals surface area (Å²) >= 11 is 0. The Balaban J connectivity index is 3.45. The highest BCUT2D eigenvalue weighted by molar-refractivity contribution is 7.57. The summed E-state index contributed by atoms with van der Waals surface area (Å²) < 4.78 is 0. The Kier molecular flexibility index (Phi) is 15.7. The molecular weight excluding hydrogens is 243 g/mol. The Labute approximate surface area is 115 Å². The molecule has 0 heterocycles. The summed E-state index contributed by atoms with van der Waals surface area (Å²) in [5, 5.41) is 17.5. The van der Waals surface area contributed by atoms with Gasteiger partial charge < -0.3 is 10.2 Å². The van der Waals surface area contributed by atoms with Crippen LogP contribution in [0.5, 0.6) is 0 Å². The molecule has 0 saturated carbocycles. The molecule has 2 nitrogen and oxygen atoms in total. The van der Waals surface area contributed by atoms with Crippen LogP contribution in [0.25, 0.3) is 0 Å². The maximum absolute atomic E-state index is 8.73. The lowest BCUT2D eigenvalue weighted by Gasteiger charge is -2.16. The summed E-state index contributed by atoms with van der Waals surface area (Å²) in [6, 6.07) is 0. The molecule has 0 unspecified atom stereocenters. The van der Waals surface area contributed by atoms with E-state index in [-0.39, 0.29) is 7.92 Å². The third-order valence-electron chi connectivity index (χ3n) is 3.30. The first-order chi connectivity index (χ1) is 8.85. The Morgan fingerprint density at radius 3 is 1.44 bits per heavy atom. The first-order valence-electron chi connectivity index (χ1n) is 7.79. The van der Waals surface area contributed by atoms with Crippen molar-refractivity contribution < 1.29 is 10.2 Å². The van der Waals surface area contributed by atoms with Gasteiger partial charge in [-0.1, -0.05) is 39.0 Å². The summed E-state index contributed by atoms with van der Waals surface area (Å²) in [6.45, 7) is 3.01. The molecule has 0 atom stereocenters. The maximum atomic E-state index is 8.73. The van der Waals surface area contributed by atoms with Gasteiger partial charge in [-0.05, 0) is 44.2 Å². The summed E-state index contributed by atoms with van der Waals surface area (Å²) in [7, 11) is 0.272. The van der Waals surface area contributed by atoms with Crippen molar-refractivity contribution in [3.63, 3.8) is 0 Å². The number of aliphatic hydroxyl groups is 2. The van der Waals surface area contributed by atoms with Crippen molar-refractivity contribution in [1.82, 2.24) is 0 Å². The van der Waals surface area contributed by atoms with Gasteiger partial charge in [-0.2, -0.15) is 0 Å². The van der Waals surface area contributed by atoms with Crippen LogP contribution in [0, 0.1) is 0 Å². The number of hydrogen-bond donors (Lipinski definition) is 2. The van der Waals surface area contributed by atoms with Crippen LogP contribution in [-0.2, 0) is 0 Å². The van der Waals surface area contributed by atoms with E-state index in [0.717, 1.165) is 12.8 Å². The SMILES string of the molecule is CCCP(CCCCCCO)CCCCCCO. The number of unbranched alkanes of at least 4 members (excludes halogenated alkanes) is 6. The van der Waals surface area contributed by atoms with E-state index in [1.807, 2.05) is 0 Å². The predicted molar refractivity (Wildman–Crippen MR) is 82.9 cm³/mol. The standard InChI is InChI=1S/C15H33O2P/c1-2-13-18(14-9-5-3-7-11-16)15-10-6-4-8-12-17/h16-17H,2-15H2,1H3. The second-order valence-electron chi connectivity index (χ2n) is 5.12. The van der Waals surface area contributed by atoms with E-state index in [0.29, 0.717) is 13.2 Å². The normalized spacial score (nSPS) is 11.3. The van der Waals surface area contributed by atoms with E-state index >= 15 is 0 Å². The molecule has 0 saturated heterocycles. The number of rotatable bonds is 14. The molecule has 0 aliphatic heterocycles. The van der Waals surface area contributed by atoms with Crippen LogP contribution in [0.1, 0.15) is 64.7 Å². The molecule has 0 aliphatic carbocycles. The summed E-state index contributed by atoms with van der Waals surface area (Å²) in [5.41, 5.74) is 0. The number of hydrogen-bond acceptors (Lipinski definition) is 2. The second kappa shape index (κ2) is 15.4. The highest BCUT2D eigenvalue weighted by atomic mass is 31.1. The highest BCUT2D eigenvalue weighted by Crippen LogP contribution is 2.38. The van der Waals surface area contributed by atoms with Crippen molar-refractivity contribution in [3.05, 3.63) is 0 Å². The van der Waals surface area contributed by atoms with Crippen molar-refractivity contribution in [2.75, 3.05) is 31.7 Å². The van der Waals surface area contributed by atoms with Gasteiger partial charge in [0.15, 0.2) is 0 Å². The zero-order chi connectivity index (χ0) is 13.5. The fourth-order valence-corrected chi connectivity index (χ4v) is 4.90. The predicted octanol–water partition coefficient (Wildman–Crippen LogP) is 3.98. The van der Waals surface area contributed by atoms with Crippen molar-refractivity contribution >= 4 is 7.92 Å². The molecule has 0 aliphatic rings. The fourth-order valence-electron chi connectivity index (χ4n) is 2.25. The average Bonchev–Trinajstić information content (AvgIpc) is 2.38. The molecule has 0 amide bonds. The van der Waals surface area contributed by atoms with Crippen LogP contribution in [0.2, 0.25) is 0 Å². The molecule has 0 aromatic carbocycles. The topological polar surface area (TPSA) is 40.5 Å². The van der Waals surface area contributed by atoms with Crippen LogP contribution in [0.15, 0.2) is 0 Å². The van der Waals surface area contributed by atoms with Gasteiger partial charge in [0.2, 0.25) is 0 Å². The lowest BCUT2D eigenvalue weighted by molar-refractivity contribution is 0.283. The van der Waals surface area contributed by atoms with Crippen LogP contribution in [-0.4, -0.2) is 41.9 Å². The minimum Gasteiger partial charge on any atom is -0.396 e. The minimum atomic E-state index is 0.272. The lowest BCUT2D eigenvalue weighted by atomic mass is 10.2. The van der Waals surface area contributed by atoms with Gasteiger partial charge in [0.1, 0.15) is 0 Å². The van der Waals surface area contributed by atoms with E-state index < -0.39 is 0 Å². The third kappa shape index (κ3) is 12.8. The molecule has 0 rings (SSSR count). The monoisotopic (exact) mass is 276 g/mol. The molecule has 0 aromatic heterocycles. The van der Waals surface area contributed by atoms with E-state index in [1.165, 1.54) is 63.4 Å². The zero-order valence-corrected chi connectivity index (χ0v) is 13.1. The summed E-state index contributed by atoms with van der Waals surface area (Å²) in [5.74, 6) is 0.